The largest absolute Gasteiger partial charge is 0.422 e. The first-order valence-electron chi connectivity index (χ1n) is 3.28. The minimum atomic E-state index is 0.128. The topological polar surface area (TPSA) is 78.1 Å². The van der Waals surface area contributed by atoms with E-state index >= 15 is 0 Å². The molecule has 0 atom stereocenters. The summed E-state index contributed by atoms with van der Waals surface area (Å²) in [6.07, 6.45) is 0. The predicted molar refractivity (Wildman–Crippen MR) is 50.5 cm³/mol. The molecule has 4 nitrogen and oxygen atoms in total. The average Bonchev–Trinajstić information content (AvgIpc) is 2.41. The van der Waals surface area contributed by atoms with Crippen LogP contribution < -0.4 is 11.5 Å². The van der Waals surface area contributed by atoms with E-state index in [1.54, 1.807) is 12.1 Å². The molecular weight excluding hydrogens is 222 g/mol. The Kier molecular flexibility index (Phi) is 1.47. The quantitative estimate of drug-likeness (QED) is 0.673. The summed E-state index contributed by atoms with van der Waals surface area (Å²) in [7, 11) is 0. The molecule has 0 amide bonds. The highest BCUT2D eigenvalue weighted by Crippen LogP contribution is 2.29. The molecule has 0 radical (unpaired) electrons. The number of rotatable bonds is 0. The Bertz CT molecular complexity index is 398. The lowest BCUT2D eigenvalue weighted by Crippen LogP contribution is -1.86. The van der Waals surface area contributed by atoms with Crippen LogP contribution in [-0.2, 0) is 0 Å². The first kappa shape index (κ1) is 7.42. The van der Waals surface area contributed by atoms with Crippen molar-refractivity contribution >= 4 is 38.7 Å². The number of halogens is 1. The van der Waals surface area contributed by atoms with E-state index < -0.39 is 0 Å². The second kappa shape index (κ2) is 2.38. The van der Waals surface area contributed by atoms with Crippen molar-refractivity contribution in [2.75, 3.05) is 11.5 Å². The highest BCUT2D eigenvalue weighted by molar-refractivity contribution is 9.10. The first-order chi connectivity index (χ1) is 5.68. The van der Waals surface area contributed by atoms with E-state index in [-0.39, 0.29) is 6.01 Å². The monoisotopic (exact) mass is 227 g/mol. The molecule has 5 heteroatoms. The molecular formula is C7H6BrN3O. The van der Waals surface area contributed by atoms with Gasteiger partial charge in [0, 0.05) is 0 Å². The lowest BCUT2D eigenvalue weighted by Gasteiger charge is -1.93. The highest BCUT2D eigenvalue weighted by atomic mass is 79.9. The van der Waals surface area contributed by atoms with Gasteiger partial charge in [0.25, 0.3) is 6.01 Å². The fraction of sp³-hybridized carbons (Fsp3) is 0. The molecule has 12 heavy (non-hydrogen) atoms. The minimum Gasteiger partial charge on any atom is -0.422 e. The van der Waals surface area contributed by atoms with Crippen LogP contribution in [0, 0.1) is 0 Å². The highest BCUT2D eigenvalue weighted by Gasteiger charge is 2.08. The lowest BCUT2D eigenvalue weighted by molar-refractivity contribution is 0.624. The molecule has 0 aliphatic heterocycles. The van der Waals surface area contributed by atoms with Crippen LogP contribution >= 0.6 is 15.9 Å². The average molecular weight is 228 g/mol. The van der Waals surface area contributed by atoms with E-state index in [1.807, 2.05) is 0 Å². The van der Waals surface area contributed by atoms with Gasteiger partial charge < -0.3 is 15.9 Å². The van der Waals surface area contributed by atoms with Crippen LogP contribution in [0.4, 0.5) is 11.7 Å². The summed E-state index contributed by atoms with van der Waals surface area (Å²) < 4.78 is 5.92. The Morgan fingerprint density at radius 2 is 2.08 bits per heavy atom. The number of nitrogens with two attached hydrogens (primary N) is 2. The molecule has 0 bridgehead atoms. The van der Waals surface area contributed by atoms with Gasteiger partial charge >= 0.3 is 0 Å². The zero-order valence-corrected chi connectivity index (χ0v) is 7.63. The van der Waals surface area contributed by atoms with Crippen LogP contribution in [0.1, 0.15) is 0 Å². The Morgan fingerprint density at radius 1 is 1.33 bits per heavy atom. The van der Waals surface area contributed by atoms with Crippen molar-refractivity contribution in [2.24, 2.45) is 0 Å². The van der Waals surface area contributed by atoms with Crippen LogP contribution in [-0.4, -0.2) is 4.98 Å². The number of fused-ring (bicyclic) bond motifs is 1. The first-order valence-corrected chi connectivity index (χ1v) is 4.08. The summed E-state index contributed by atoms with van der Waals surface area (Å²) in [5.74, 6) is 0. The summed E-state index contributed by atoms with van der Waals surface area (Å²) in [6, 6.07) is 3.67. The van der Waals surface area contributed by atoms with Crippen LogP contribution in [0.25, 0.3) is 11.1 Å². The number of aromatic nitrogens is 1. The third-order valence-electron chi connectivity index (χ3n) is 1.54. The van der Waals surface area contributed by atoms with E-state index in [9.17, 15) is 0 Å². The van der Waals surface area contributed by atoms with Gasteiger partial charge in [-0.15, -0.1) is 0 Å². The summed E-state index contributed by atoms with van der Waals surface area (Å²) in [6.45, 7) is 0. The second-order valence-corrected chi connectivity index (χ2v) is 3.22. The summed E-state index contributed by atoms with van der Waals surface area (Å²) in [5, 5.41) is 0. The maximum Gasteiger partial charge on any atom is 0.293 e. The molecule has 0 saturated heterocycles. The lowest BCUT2D eigenvalue weighted by atomic mass is 10.3. The van der Waals surface area contributed by atoms with Crippen molar-refractivity contribution in [1.29, 1.82) is 0 Å². The second-order valence-electron chi connectivity index (χ2n) is 2.37. The van der Waals surface area contributed by atoms with E-state index in [2.05, 4.69) is 20.9 Å². The zero-order valence-electron chi connectivity index (χ0n) is 6.04. The Balaban J connectivity index is 2.93. The number of hydrogen-bond acceptors (Lipinski definition) is 4. The standard InChI is InChI=1S/C7H6BrN3O/c8-3-1-2-4(9)5-6(3)12-7(10)11-5/h1-2H,9H2,(H2,10,11). The molecule has 1 heterocycles. The molecule has 62 valence electrons. The van der Waals surface area contributed by atoms with Gasteiger partial charge in [0.05, 0.1) is 10.2 Å². The third-order valence-corrected chi connectivity index (χ3v) is 2.17. The van der Waals surface area contributed by atoms with E-state index in [4.69, 9.17) is 15.9 Å². The van der Waals surface area contributed by atoms with Gasteiger partial charge in [0.15, 0.2) is 5.58 Å². The number of oxazole rings is 1. The minimum absolute atomic E-state index is 0.128. The molecule has 0 saturated carbocycles. The van der Waals surface area contributed by atoms with Crippen molar-refractivity contribution < 1.29 is 4.42 Å². The van der Waals surface area contributed by atoms with E-state index in [0.29, 0.717) is 16.8 Å². The van der Waals surface area contributed by atoms with E-state index in [1.165, 1.54) is 0 Å². The van der Waals surface area contributed by atoms with Crippen molar-refractivity contribution in [2.45, 2.75) is 0 Å². The SMILES string of the molecule is Nc1nc2c(N)ccc(Br)c2o1. The molecule has 0 aliphatic rings. The van der Waals surface area contributed by atoms with Crippen LogP contribution in [0.5, 0.6) is 0 Å². The zero-order chi connectivity index (χ0) is 8.72. The van der Waals surface area contributed by atoms with Gasteiger partial charge in [-0.25, -0.2) is 0 Å². The predicted octanol–water partition coefficient (Wildman–Crippen LogP) is 1.75. The van der Waals surface area contributed by atoms with Crippen molar-refractivity contribution in [1.82, 2.24) is 4.98 Å². The number of hydrogen-bond donors (Lipinski definition) is 2. The Labute approximate surface area is 76.7 Å². The van der Waals surface area contributed by atoms with Crippen LogP contribution in [0.3, 0.4) is 0 Å². The van der Waals surface area contributed by atoms with Gasteiger partial charge in [-0.05, 0) is 28.1 Å². The number of benzene rings is 1. The van der Waals surface area contributed by atoms with Gasteiger partial charge in [-0.1, -0.05) is 0 Å². The summed E-state index contributed by atoms with van der Waals surface area (Å²) in [4.78, 5) is 3.93. The van der Waals surface area contributed by atoms with Gasteiger partial charge in [-0.2, -0.15) is 4.98 Å². The summed E-state index contributed by atoms with van der Waals surface area (Å²) in [5.41, 5.74) is 12.8. The fourth-order valence-corrected chi connectivity index (χ4v) is 1.41. The molecule has 0 aliphatic carbocycles. The fourth-order valence-electron chi connectivity index (χ4n) is 1.01. The molecule has 2 aromatic rings. The normalized spacial score (nSPS) is 10.8. The van der Waals surface area contributed by atoms with Crippen molar-refractivity contribution in [3.8, 4) is 0 Å². The molecule has 1 aromatic carbocycles. The van der Waals surface area contributed by atoms with Gasteiger partial charge in [0.2, 0.25) is 0 Å². The maximum atomic E-state index is 5.64. The number of nitrogens with zero attached hydrogens (tertiary/aromatic N) is 1. The molecule has 4 N–H and O–H groups in total. The van der Waals surface area contributed by atoms with Gasteiger partial charge in [0.1, 0.15) is 5.52 Å². The van der Waals surface area contributed by atoms with Crippen LogP contribution in [0.2, 0.25) is 0 Å². The molecule has 1 aromatic heterocycles. The maximum absolute atomic E-state index is 5.64. The third kappa shape index (κ3) is 0.937. The molecule has 0 unspecified atom stereocenters. The Morgan fingerprint density at radius 3 is 2.75 bits per heavy atom. The van der Waals surface area contributed by atoms with Crippen molar-refractivity contribution in [3.63, 3.8) is 0 Å². The Hall–Kier alpha value is -1.23. The number of anilines is 2. The van der Waals surface area contributed by atoms with E-state index in [0.717, 1.165) is 4.47 Å². The molecule has 2 rings (SSSR count). The summed E-state index contributed by atoms with van der Waals surface area (Å²) >= 11 is 3.30. The smallest absolute Gasteiger partial charge is 0.293 e. The van der Waals surface area contributed by atoms with Crippen molar-refractivity contribution in [3.05, 3.63) is 16.6 Å². The van der Waals surface area contributed by atoms with Crippen LogP contribution in [0.15, 0.2) is 21.0 Å². The number of nitrogen functional groups attached to an aromatic ring is 2. The van der Waals surface area contributed by atoms with Gasteiger partial charge in [-0.3, -0.25) is 0 Å². The molecule has 0 fully saturated rings. The molecule has 0 spiro atoms.